The molecule has 0 spiro atoms. The number of non-ortho nitro benzene ring substituents is 1. The fraction of sp³-hybridized carbons (Fsp3) is 0.125. The van der Waals surface area contributed by atoms with Crippen molar-refractivity contribution in [3.63, 3.8) is 0 Å². The highest BCUT2D eigenvalue weighted by molar-refractivity contribution is 7.20. The van der Waals surface area contributed by atoms with Gasteiger partial charge in [-0.25, -0.2) is 4.98 Å². The Morgan fingerprint density at radius 2 is 2.08 bits per heavy atom. The van der Waals surface area contributed by atoms with Crippen LogP contribution in [-0.2, 0) is 0 Å². The summed E-state index contributed by atoms with van der Waals surface area (Å²) in [6.45, 7) is 0. The number of nitro groups is 1. The summed E-state index contributed by atoms with van der Waals surface area (Å²) in [5.41, 5.74) is 1.36. The van der Waals surface area contributed by atoms with E-state index in [1.807, 2.05) is 11.4 Å². The van der Waals surface area contributed by atoms with Crippen LogP contribution in [0.4, 0.5) is 16.5 Å². The fourth-order valence-electron chi connectivity index (χ4n) is 2.27. The summed E-state index contributed by atoms with van der Waals surface area (Å²) in [5, 5.41) is 16.0. The Bertz CT molecular complexity index is 984. The van der Waals surface area contributed by atoms with Gasteiger partial charge in [-0.2, -0.15) is 0 Å². The molecule has 3 rings (SSSR count). The van der Waals surface area contributed by atoms with Crippen LogP contribution in [0.3, 0.4) is 0 Å². The van der Waals surface area contributed by atoms with Gasteiger partial charge in [0.25, 0.3) is 11.6 Å². The van der Waals surface area contributed by atoms with Crippen molar-refractivity contribution in [2.75, 3.05) is 24.3 Å². The number of aromatic nitrogens is 1. The Hall–Kier alpha value is -2.49. The number of thiophene rings is 1. The summed E-state index contributed by atoms with van der Waals surface area (Å²) >= 11 is 8.60. The van der Waals surface area contributed by atoms with Gasteiger partial charge in [0.2, 0.25) is 0 Å². The smallest absolute Gasteiger partial charge is 0.270 e. The predicted octanol–water partition coefficient (Wildman–Crippen LogP) is 4.75. The molecule has 0 aliphatic carbocycles. The lowest BCUT2D eigenvalue weighted by molar-refractivity contribution is -0.384. The van der Waals surface area contributed by atoms with Gasteiger partial charge < -0.3 is 4.90 Å². The molecule has 1 aromatic carbocycles. The Balaban J connectivity index is 1.87. The molecule has 134 valence electrons. The third-order valence-electron chi connectivity index (χ3n) is 3.47. The summed E-state index contributed by atoms with van der Waals surface area (Å²) in [5.74, 6) is -0.456. The Kier molecular flexibility index (Phi) is 5.21. The molecule has 0 saturated heterocycles. The van der Waals surface area contributed by atoms with Crippen LogP contribution < -0.4 is 10.2 Å². The average Bonchev–Trinajstić information content (AvgIpc) is 3.23. The normalized spacial score (nSPS) is 10.6. The molecule has 26 heavy (non-hydrogen) atoms. The monoisotopic (exact) mass is 408 g/mol. The molecule has 0 atom stereocenters. The van der Waals surface area contributed by atoms with Gasteiger partial charge >= 0.3 is 0 Å². The van der Waals surface area contributed by atoms with Crippen molar-refractivity contribution in [3.8, 4) is 10.6 Å². The predicted molar refractivity (Wildman–Crippen MR) is 106 cm³/mol. The maximum Gasteiger partial charge on any atom is 0.270 e. The number of halogens is 1. The van der Waals surface area contributed by atoms with Gasteiger partial charge in [0.1, 0.15) is 0 Å². The van der Waals surface area contributed by atoms with E-state index in [4.69, 9.17) is 11.6 Å². The van der Waals surface area contributed by atoms with Crippen molar-refractivity contribution < 1.29 is 9.72 Å². The van der Waals surface area contributed by atoms with Gasteiger partial charge in [-0.3, -0.25) is 20.2 Å². The van der Waals surface area contributed by atoms with Crippen LogP contribution in [0.1, 0.15) is 10.4 Å². The zero-order chi connectivity index (χ0) is 18.8. The molecule has 0 unspecified atom stereocenters. The number of nitrogens with zero attached hydrogens (tertiary/aromatic N) is 3. The number of carbonyl (C=O) groups is 1. The van der Waals surface area contributed by atoms with E-state index >= 15 is 0 Å². The van der Waals surface area contributed by atoms with E-state index in [0.717, 1.165) is 4.88 Å². The quantitative estimate of drug-likeness (QED) is 0.486. The van der Waals surface area contributed by atoms with Crippen molar-refractivity contribution in [2.24, 2.45) is 0 Å². The lowest BCUT2D eigenvalue weighted by Gasteiger charge is -2.16. The average molecular weight is 409 g/mol. The van der Waals surface area contributed by atoms with E-state index in [1.54, 1.807) is 31.1 Å². The number of hydrogen-bond acceptors (Lipinski definition) is 7. The minimum Gasteiger partial charge on any atom is -0.377 e. The SMILES string of the molecule is CN(C)c1ccc([N+](=O)[O-])cc1C(=O)Nc1nc(-c2ccc(Cl)s2)cs1. The number of nitro benzene ring substituents is 1. The van der Waals surface area contributed by atoms with Crippen molar-refractivity contribution in [1.82, 2.24) is 4.98 Å². The minimum atomic E-state index is -0.530. The highest BCUT2D eigenvalue weighted by Gasteiger charge is 2.19. The van der Waals surface area contributed by atoms with E-state index in [2.05, 4.69) is 10.3 Å². The molecule has 2 aromatic heterocycles. The van der Waals surface area contributed by atoms with Crippen LogP contribution in [0, 0.1) is 10.1 Å². The first kappa shape index (κ1) is 18.3. The third kappa shape index (κ3) is 3.85. The topological polar surface area (TPSA) is 88.4 Å². The Labute approximate surface area is 162 Å². The van der Waals surface area contributed by atoms with E-state index in [9.17, 15) is 14.9 Å². The first-order chi connectivity index (χ1) is 12.3. The van der Waals surface area contributed by atoms with Gasteiger partial charge in [-0.05, 0) is 18.2 Å². The lowest BCUT2D eigenvalue weighted by atomic mass is 10.1. The van der Waals surface area contributed by atoms with Crippen molar-refractivity contribution in [3.05, 3.63) is 55.7 Å². The molecule has 0 aliphatic rings. The molecule has 0 fully saturated rings. The molecule has 1 amide bonds. The maximum atomic E-state index is 12.7. The summed E-state index contributed by atoms with van der Waals surface area (Å²) in [7, 11) is 3.53. The largest absolute Gasteiger partial charge is 0.377 e. The van der Waals surface area contributed by atoms with Crippen LogP contribution in [-0.4, -0.2) is 29.9 Å². The zero-order valence-electron chi connectivity index (χ0n) is 13.7. The van der Waals surface area contributed by atoms with Crippen LogP contribution in [0.25, 0.3) is 10.6 Å². The number of hydrogen-bond donors (Lipinski definition) is 1. The van der Waals surface area contributed by atoms with Gasteiger partial charge in [0, 0.05) is 37.3 Å². The van der Waals surface area contributed by atoms with Gasteiger partial charge in [-0.15, -0.1) is 22.7 Å². The van der Waals surface area contributed by atoms with Crippen molar-refractivity contribution in [1.29, 1.82) is 0 Å². The molecule has 0 bridgehead atoms. The molecule has 0 radical (unpaired) electrons. The van der Waals surface area contributed by atoms with E-state index in [1.165, 1.54) is 34.8 Å². The van der Waals surface area contributed by atoms with Crippen molar-refractivity contribution in [2.45, 2.75) is 0 Å². The minimum absolute atomic E-state index is 0.145. The number of anilines is 2. The first-order valence-corrected chi connectivity index (χ1v) is 9.41. The molecule has 1 N–H and O–H groups in total. The van der Waals surface area contributed by atoms with Gasteiger partial charge in [0.15, 0.2) is 5.13 Å². The van der Waals surface area contributed by atoms with Crippen molar-refractivity contribution >= 4 is 56.7 Å². The summed E-state index contributed by atoms with van der Waals surface area (Å²) < 4.78 is 0.658. The second kappa shape index (κ2) is 7.40. The van der Waals surface area contributed by atoms with Crippen LogP contribution >= 0.6 is 34.3 Å². The molecular weight excluding hydrogens is 396 g/mol. The van der Waals surface area contributed by atoms with E-state index in [-0.39, 0.29) is 11.3 Å². The lowest BCUT2D eigenvalue weighted by Crippen LogP contribution is -2.18. The summed E-state index contributed by atoms with van der Waals surface area (Å²) in [6, 6.07) is 7.82. The number of carbonyl (C=O) groups excluding carboxylic acids is 1. The number of rotatable bonds is 5. The highest BCUT2D eigenvalue weighted by atomic mass is 35.5. The fourth-order valence-corrected chi connectivity index (χ4v) is 4.05. The molecule has 0 saturated carbocycles. The summed E-state index contributed by atoms with van der Waals surface area (Å²) in [4.78, 5) is 30.1. The molecule has 0 aliphatic heterocycles. The molecule has 10 heteroatoms. The molecule has 3 aromatic rings. The van der Waals surface area contributed by atoms with Gasteiger partial charge in [-0.1, -0.05) is 11.6 Å². The van der Waals surface area contributed by atoms with E-state index in [0.29, 0.717) is 20.8 Å². The standard InChI is InChI=1S/C16H13ClN4O3S2/c1-20(2)12-4-3-9(21(23)24)7-10(12)15(22)19-16-18-11(8-25-16)13-5-6-14(17)26-13/h3-8H,1-2H3,(H,18,19,22). The van der Waals surface area contributed by atoms with E-state index < -0.39 is 10.8 Å². The van der Waals surface area contributed by atoms with Crippen LogP contribution in [0.15, 0.2) is 35.7 Å². The molecular formula is C16H13ClN4O3S2. The second-order valence-electron chi connectivity index (χ2n) is 5.45. The number of amides is 1. The van der Waals surface area contributed by atoms with Crippen LogP contribution in [0.5, 0.6) is 0 Å². The first-order valence-electron chi connectivity index (χ1n) is 7.33. The highest BCUT2D eigenvalue weighted by Crippen LogP contribution is 2.33. The van der Waals surface area contributed by atoms with Gasteiger partial charge in [0.05, 0.1) is 25.4 Å². The second-order valence-corrected chi connectivity index (χ2v) is 8.02. The van der Waals surface area contributed by atoms with Crippen LogP contribution in [0.2, 0.25) is 4.34 Å². The number of thiazole rings is 1. The molecule has 2 heterocycles. The number of benzene rings is 1. The number of nitrogens with one attached hydrogen (secondary N) is 1. The zero-order valence-corrected chi connectivity index (χ0v) is 16.1. The third-order valence-corrected chi connectivity index (χ3v) is 5.48. The Morgan fingerprint density at radius 1 is 1.31 bits per heavy atom. The molecule has 7 nitrogen and oxygen atoms in total. The maximum absolute atomic E-state index is 12.7. The summed E-state index contributed by atoms with van der Waals surface area (Å²) in [6.07, 6.45) is 0. The Morgan fingerprint density at radius 3 is 2.69 bits per heavy atom.